The molecule has 2 heteroatoms. The normalized spacial score (nSPS) is 10.8. The zero-order valence-corrected chi connectivity index (χ0v) is 10.7. The molecule has 0 amide bonds. The highest BCUT2D eigenvalue weighted by molar-refractivity contribution is 4.50. The highest BCUT2D eigenvalue weighted by Crippen LogP contribution is 2.03. The first-order chi connectivity index (χ1) is 7.41. The Morgan fingerprint density at radius 2 is 1.40 bits per heavy atom. The molecule has 0 heterocycles. The number of unbranched alkanes of at least 4 members (excludes halogenated alkanes) is 6. The van der Waals surface area contributed by atoms with E-state index in [1.54, 1.807) is 7.11 Å². The largest absolute Gasteiger partial charge is 0.385 e. The molecular formula is C13H29NO. The van der Waals surface area contributed by atoms with Gasteiger partial charge in [-0.05, 0) is 32.4 Å². The van der Waals surface area contributed by atoms with E-state index in [4.69, 9.17) is 4.74 Å². The van der Waals surface area contributed by atoms with Crippen molar-refractivity contribution < 1.29 is 4.74 Å². The number of rotatable bonds is 12. The Morgan fingerprint density at radius 3 is 2.07 bits per heavy atom. The van der Waals surface area contributed by atoms with Gasteiger partial charge in [-0.15, -0.1) is 0 Å². The zero-order chi connectivity index (χ0) is 11.2. The lowest BCUT2D eigenvalue weighted by Crippen LogP contribution is -2.16. The van der Waals surface area contributed by atoms with Crippen LogP contribution in [-0.4, -0.2) is 26.8 Å². The van der Waals surface area contributed by atoms with Crippen molar-refractivity contribution in [2.75, 3.05) is 26.8 Å². The van der Waals surface area contributed by atoms with E-state index in [2.05, 4.69) is 12.2 Å². The summed E-state index contributed by atoms with van der Waals surface area (Å²) >= 11 is 0. The summed E-state index contributed by atoms with van der Waals surface area (Å²) in [4.78, 5) is 0. The van der Waals surface area contributed by atoms with Crippen LogP contribution in [0.2, 0.25) is 0 Å². The standard InChI is InChI=1S/C13H29NO/c1-3-4-5-6-7-8-11-14-12-9-10-13-15-2/h14H,3-13H2,1-2H3. The lowest BCUT2D eigenvalue weighted by Gasteiger charge is -2.04. The molecule has 92 valence electrons. The van der Waals surface area contributed by atoms with Crippen LogP contribution in [0.3, 0.4) is 0 Å². The molecular weight excluding hydrogens is 186 g/mol. The van der Waals surface area contributed by atoms with Crippen LogP contribution in [0.25, 0.3) is 0 Å². The van der Waals surface area contributed by atoms with Gasteiger partial charge in [-0.2, -0.15) is 0 Å². The summed E-state index contributed by atoms with van der Waals surface area (Å²) in [6.07, 6.45) is 10.7. The summed E-state index contributed by atoms with van der Waals surface area (Å²) < 4.78 is 5.00. The van der Waals surface area contributed by atoms with Gasteiger partial charge in [0.25, 0.3) is 0 Å². The maximum absolute atomic E-state index is 5.00. The molecule has 0 radical (unpaired) electrons. The Kier molecular flexibility index (Phi) is 13.8. The monoisotopic (exact) mass is 215 g/mol. The SMILES string of the molecule is CCCCCCCCNCCCCOC. The van der Waals surface area contributed by atoms with Crippen LogP contribution in [-0.2, 0) is 4.74 Å². The Morgan fingerprint density at radius 1 is 0.800 bits per heavy atom. The van der Waals surface area contributed by atoms with E-state index in [0.717, 1.165) is 13.2 Å². The average molecular weight is 215 g/mol. The summed E-state index contributed by atoms with van der Waals surface area (Å²) in [6.45, 7) is 5.51. The van der Waals surface area contributed by atoms with Gasteiger partial charge in [-0.1, -0.05) is 39.0 Å². The first-order valence-electron chi connectivity index (χ1n) is 6.61. The second-order valence-corrected chi connectivity index (χ2v) is 4.22. The van der Waals surface area contributed by atoms with Crippen molar-refractivity contribution in [2.24, 2.45) is 0 Å². The molecule has 0 unspecified atom stereocenters. The maximum atomic E-state index is 5.00. The van der Waals surface area contributed by atoms with Crippen molar-refractivity contribution in [1.29, 1.82) is 0 Å². The van der Waals surface area contributed by atoms with Gasteiger partial charge in [0.1, 0.15) is 0 Å². The molecule has 0 aromatic heterocycles. The average Bonchev–Trinajstić information content (AvgIpc) is 2.26. The Balaban J connectivity index is 2.81. The molecule has 0 rings (SSSR count). The summed E-state index contributed by atoms with van der Waals surface area (Å²) in [5, 5.41) is 3.48. The minimum Gasteiger partial charge on any atom is -0.385 e. The highest BCUT2D eigenvalue weighted by atomic mass is 16.5. The zero-order valence-electron chi connectivity index (χ0n) is 10.7. The first kappa shape index (κ1) is 14.9. The Bertz CT molecular complexity index is 94.7. The molecule has 1 N–H and O–H groups in total. The van der Waals surface area contributed by atoms with Crippen LogP contribution in [0.5, 0.6) is 0 Å². The number of nitrogens with one attached hydrogen (secondary N) is 1. The number of hydrogen-bond donors (Lipinski definition) is 1. The van der Waals surface area contributed by atoms with E-state index in [1.807, 2.05) is 0 Å². The van der Waals surface area contributed by atoms with E-state index in [9.17, 15) is 0 Å². The Hall–Kier alpha value is -0.0800. The highest BCUT2D eigenvalue weighted by Gasteiger charge is 1.91. The van der Waals surface area contributed by atoms with Crippen molar-refractivity contribution in [2.45, 2.75) is 58.3 Å². The molecule has 15 heavy (non-hydrogen) atoms. The van der Waals surface area contributed by atoms with Gasteiger partial charge in [0.05, 0.1) is 0 Å². The molecule has 0 aliphatic rings. The molecule has 0 saturated carbocycles. The van der Waals surface area contributed by atoms with Crippen molar-refractivity contribution in [3.05, 3.63) is 0 Å². The molecule has 0 bridgehead atoms. The van der Waals surface area contributed by atoms with E-state index in [0.29, 0.717) is 0 Å². The van der Waals surface area contributed by atoms with Gasteiger partial charge in [0.2, 0.25) is 0 Å². The summed E-state index contributed by atoms with van der Waals surface area (Å²) in [6, 6.07) is 0. The first-order valence-corrected chi connectivity index (χ1v) is 6.61. The van der Waals surface area contributed by atoms with Crippen molar-refractivity contribution in [3.63, 3.8) is 0 Å². The summed E-state index contributed by atoms with van der Waals surface area (Å²) in [7, 11) is 1.77. The topological polar surface area (TPSA) is 21.3 Å². The summed E-state index contributed by atoms with van der Waals surface area (Å²) in [5.74, 6) is 0. The number of methoxy groups -OCH3 is 1. The maximum Gasteiger partial charge on any atom is 0.0462 e. The quantitative estimate of drug-likeness (QED) is 0.504. The van der Waals surface area contributed by atoms with Crippen molar-refractivity contribution in [1.82, 2.24) is 5.32 Å². The van der Waals surface area contributed by atoms with Gasteiger partial charge in [0.15, 0.2) is 0 Å². The van der Waals surface area contributed by atoms with E-state index >= 15 is 0 Å². The van der Waals surface area contributed by atoms with Gasteiger partial charge >= 0.3 is 0 Å². The van der Waals surface area contributed by atoms with Crippen LogP contribution in [0.1, 0.15) is 58.3 Å². The molecule has 0 atom stereocenters. The predicted molar refractivity (Wildman–Crippen MR) is 67.4 cm³/mol. The van der Waals surface area contributed by atoms with Crippen LogP contribution >= 0.6 is 0 Å². The fraction of sp³-hybridized carbons (Fsp3) is 1.00. The Labute approximate surface area is 95.8 Å². The third-order valence-electron chi connectivity index (χ3n) is 2.66. The van der Waals surface area contributed by atoms with Crippen LogP contribution in [0.4, 0.5) is 0 Å². The lowest BCUT2D eigenvalue weighted by molar-refractivity contribution is 0.192. The molecule has 0 aromatic carbocycles. The van der Waals surface area contributed by atoms with Crippen molar-refractivity contribution >= 4 is 0 Å². The lowest BCUT2D eigenvalue weighted by atomic mass is 10.1. The van der Waals surface area contributed by atoms with Crippen LogP contribution < -0.4 is 5.32 Å². The molecule has 0 fully saturated rings. The fourth-order valence-corrected chi connectivity index (χ4v) is 1.65. The van der Waals surface area contributed by atoms with Crippen molar-refractivity contribution in [3.8, 4) is 0 Å². The molecule has 0 aliphatic heterocycles. The third kappa shape index (κ3) is 13.9. The molecule has 0 saturated heterocycles. The number of ether oxygens (including phenoxy) is 1. The predicted octanol–water partition coefficient (Wildman–Crippen LogP) is 3.36. The van der Waals surface area contributed by atoms with Gasteiger partial charge in [0, 0.05) is 13.7 Å². The van der Waals surface area contributed by atoms with Gasteiger partial charge in [-0.3, -0.25) is 0 Å². The van der Waals surface area contributed by atoms with Gasteiger partial charge < -0.3 is 10.1 Å². The minimum atomic E-state index is 0.901. The van der Waals surface area contributed by atoms with E-state index < -0.39 is 0 Å². The van der Waals surface area contributed by atoms with Gasteiger partial charge in [-0.25, -0.2) is 0 Å². The van der Waals surface area contributed by atoms with Crippen LogP contribution in [0, 0.1) is 0 Å². The van der Waals surface area contributed by atoms with E-state index in [1.165, 1.54) is 57.9 Å². The molecule has 0 aromatic rings. The molecule has 0 aliphatic carbocycles. The number of hydrogen-bond acceptors (Lipinski definition) is 2. The minimum absolute atomic E-state index is 0.901. The second kappa shape index (κ2) is 13.9. The van der Waals surface area contributed by atoms with Crippen LogP contribution in [0.15, 0.2) is 0 Å². The summed E-state index contributed by atoms with van der Waals surface area (Å²) in [5.41, 5.74) is 0. The fourth-order valence-electron chi connectivity index (χ4n) is 1.65. The molecule has 2 nitrogen and oxygen atoms in total. The second-order valence-electron chi connectivity index (χ2n) is 4.22. The smallest absolute Gasteiger partial charge is 0.0462 e. The van der Waals surface area contributed by atoms with E-state index in [-0.39, 0.29) is 0 Å². The molecule has 0 spiro atoms. The third-order valence-corrected chi connectivity index (χ3v) is 2.66.